The summed E-state index contributed by atoms with van der Waals surface area (Å²) >= 11 is 0. The standard InChI is InChI=1S/C25H24N4O3/c1-31-22-9-8-18(21-17-29-13-5-12-26-24(29)28-21)16-20(22)27-23(30)25(10-14-32-15-11-25)19-6-3-2-4-7-19/h2-9,12-13,16-17H,10-11,14-15H2,1H3,(H,27,30). The maximum absolute atomic E-state index is 13.7. The van der Waals surface area contributed by atoms with Crippen LogP contribution >= 0.6 is 0 Å². The number of imidazole rings is 1. The molecule has 1 aliphatic rings. The number of nitrogens with one attached hydrogen (secondary N) is 1. The summed E-state index contributed by atoms with van der Waals surface area (Å²) in [5.41, 5.74) is 2.61. The van der Waals surface area contributed by atoms with Crippen LogP contribution in [0.2, 0.25) is 0 Å². The van der Waals surface area contributed by atoms with E-state index in [1.807, 2.05) is 71.4 Å². The van der Waals surface area contributed by atoms with Gasteiger partial charge < -0.3 is 14.8 Å². The smallest absolute Gasteiger partial charge is 0.235 e. The largest absolute Gasteiger partial charge is 0.495 e. The minimum Gasteiger partial charge on any atom is -0.495 e. The van der Waals surface area contributed by atoms with Gasteiger partial charge in [-0.1, -0.05) is 30.3 Å². The summed E-state index contributed by atoms with van der Waals surface area (Å²) in [7, 11) is 1.60. The van der Waals surface area contributed by atoms with E-state index in [1.54, 1.807) is 13.3 Å². The van der Waals surface area contributed by atoms with E-state index in [0.29, 0.717) is 43.3 Å². The predicted molar refractivity (Wildman–Crippen MR) is 122 cm³/mol. The first-order valence-corrected chi connectivity index (χ1v) is 10.6. The van der Waals surface area contributed by atoms with Crippen molar-refractivity contribution in [1.82, 2.24) is 14.4 Å². The summed E-state index contributed by atoms with van der Waals surface area (Å²) in [5.74, 6) is 1.16. The Hall–Kier alpha value is -3.71. The Morgan fingerprint density at radius 3 is 2.69 bits per heavy atom. The van der Waals surface area contributed by atoms with Gasteiger partial charge in [-0.2, -0.15) is 0 Å². The van der Waals surface area contributed by atoms with Gasteiger partial charge in [-0.3, -0.25) is 9.20 Å². The summed E-state index contributed by atoms with van der Waals surface area (Å²) in [5, 5.41) is 3.14. The van der Waals surface area contributed by atoms with E-state index in [4.69, 9.17) is 9.47 Å². The molecule has 0 aliphatic carbocycles. The Bertz CT molecular complexity index is 1210. The molecule has 0 saturated carbocycles. The van der Waals surface area contributed by atoms with E-state index >= 15 is 0 Å². The number of methoxy groups -OCH3 is 1. The van der Waals surface area contributed by atoms with Gasteiger partial charge in [-0.05, 0) is 42.7 Å². The average Bonchev–Trinajstić information content (AvgIpc) is 3.29. The first-order valence-electron chi connectivity index (χ1n) is 10.6. The number of rotatable bonds is 5. The summed E-state index contributed by atoms with van der Waals surface area (Å²) in [6, 6.07) is 17.5. The topological polar surface area (TPSA) is 77.8 Å². The molecule has 7 nitrogen and oxygen atoms in total. The molecular weight excluding hydrogens is 404 g/mol. The van der Waals surface area contributed by atoms with Crippen molar-refractivity contribution in [3.05, 3.63) is 78.8 Å². The van der Waals surface area contributed by atoms with E-state index in [0.717, 1.165) is 16.8 Å². The monoisotopic (exact) mass is 428 g/mol. The number of aromatic nitrogens is 3. The first kappa shape index (κ1) is 20.2. The van der Waals surface area contributed by atoms with Gasteiger partial charge in [0, 0.05) is 37.4 Å². The van der Waals surface area contributed by atoms with Crippen molar-refractivity contribution in [2.75, 3.05) is 25.6 Å². The van der Waals surface area contributed by atoms with Gasteiger partial charge in [0.05, 0.1) is 23.9 Å². The van der Waals surface area contributed by atoms with Crippen LogP contribution in [0.1, 0.15) is 18.4 Å². The molecule has 2 aromatic carbocycles. The van der Waals surface area contributed by atoms with Crippen molar-refractivity contribution < 1.29 is 14.3 Å². The highest BCUT2D eigenvalue weighted by atomic mass is 16.5. The van der Waals surface area contributed by atoms with Gasteiger partial charge in [0.25, 0.3) is 0 Å². The number of fused-ring (bicyclic) bond motifs is 1. The fourth-order valence-corrected chi connectivity index (χ4v) is 4.30. The normalized spacial score (nSPS) is 15.4. The fraction of sp³-hybridized carbons (Fsp3) is 0.240. The van der Waals surface area contributed by atoms with Gasteiger partial charge in [-0.25, -0.2) is 9.97 Å². The molecule has 1 aliphatic heterocycles. The lowest BCUT2D eigenvalue weighted by atomic mass is 9.73. The van der Waals surface area contributed by atoms with Crippen LogP contribution < -0.4 is 10.1 Å². The quantitative estimate of drug-likeness (QED) is 0.518. The molecule has 0 bridgehead atoms. The minimum atomic E-state index is -0.645. The molecule has 5 rings (SSSR count). The Labute approximate surface area is 186 Å². The van der Waals surface area contributed by atoms with Crippen LogP contribution in [-0.4, -0.2) is 40.6 Å². The Balaban J connectivity index is 1.51. The molecule has 162 valence electrons. The highest BCUT2D eigenvalue weighted by Gasteiger charge is 2.41. The molecule has 1 N–H and O–H groups in total. The average molecular weight is 428 g/mol. The first-order chi connectivity index (χ1) is 15.7. The van der Waals surface area contributed by atoms with Crippen molar-refractivity contribution in [2.45, 2.75) is 18.3 Å². The summed E-state index contributed by atoms with van der Waals surface area (Å²) < 4.78 is 13.0. The summed E-state index contributed by atoms with van der Waals surface area (Å²) in [4.78, 5) is 22.6. The van der Waals surface area contributed by atoms with Gasteiger partial charge in [0.1, 0.15) is 5.75 Å². The van der Waals surface area contributed by atoms with Crippen LogP contribution in [0.5, 0.6) is 5.75 Å². The third-order valence-electron chi connectivity index (χ3n) is 6.09. The SMILES string of the molecule is COc1ccc(-c2cn3cccnc3n2)cc1NC(=O)C1(c2ccccc2)CCOCC1. The maximum atomic E-state index is 13.7. The number of carbonyl (C=O) groups is 1. The number of anilines is 1. The molecule has 32 heavy (non-hydrogen) atoms. The van der Waals surface area contributed by atoms with Crippen molar-refractivity contribution in [3.8, 4) is 17.0 Å². The second-order valence-electron chi connectivity index (χ2n) is 7.88. The van der Waals surface area contributed by atoms with Crippen LogP contribution in [-0.2, 0) is 14.9 Å². The Kier molecular flexibility index (Phi) is 5.33. The summed E-state index contributed by atoms with van der Waals surface area (Å²) in [6.07, 6.45) is 6.79. The predicted octanol–water partition coefficient (Wildman–Crippen LogP) is 4.09. The fourth-order valence-electron chi connectivity index (χ4n) is 4.30. The molecule has 1 saturated heterocycles. The lowest BCUT2D eigenvalue weighted by Crippen LogP contribution is -2.44. The van der Waals surface area contributed by atoms with E-state index in [2.05, 4.69) is 15.3 Å². The molecule has 0 atom stereocenters. The van der Waals surface area contributed by atoms with Crippen LogP contribution in [0.15, 0.2) is 73.2 Å². The zero-order valence-electron chi connectivity index (χ0n) is 17.8. The number of amides is 1. The molecular formula is C25H24N4O3. The zero-order chi connectivity index (χ0) is 22.0. The van der Waals surface area contributed by atoms with Gasteiger partial charge in [0.15, 0.2) is 0 Å². The van der Waals surface area contributed by atoms with Crippen molar-refractivity contribution in [2.24, 2.45) is 0 Å². The van der Waals surface area contributed by atoms with E-state index in [-0.39, 0.29) is 5.91 Å². The molecule has 4 aromatic rings. The lowest BCUT2D eigenvalue weighted by Gasteiger charge is -2.36. The van der Waals surface area contributed by atoms with Crippen molar-refractivity contribution >= 4 is 17.4 Å². The van der Waals surface area contributed by atoms with Crippen LogP contribution in [0.25, 0.3) is 17.0 Å². The van der Waals surface area contributed by atoms with Gasteiger partial charge >= 0.3 is 0 Å². The molecule has 0 radical (unpaired) electrons. The van der Waals surface area contributed by atoms with Gasteiger partial charge in [0.2, 0.25) is 11.7 Å². The number of benzene rings is 2. The number of nitrogens with zero attached hydrogens (tertiary/aromatic N) is 3. The van der Waals surface area contributed by atoms with Crippen molar-refractivity contribution in [3.63, 3.8) is 0 Å². The minimum absolute atomic E-state index is 0.0564. The zero-order valence-corrected chi connectivity index (χ0v) is 17.8. The second kappa shape index (κ2) is 8.43. The van der Waals surface area contributed by atoms with E-state index in [1.165, 1.54) is 0 Å². The molecule has 1 fully saturated rings. The lowest BCUT2D eigenvalue weighted by molar-refractivity contribution is -0.125. The van der Waals surface area contributed by atoms with Crippen LogP contribution in [0.3, 0.4) is 0 Å². The third-order valence-corrected chi connectivity index (χ3v) is 6.09. The Morgan fingerprint density at radius 1 is 1.12 bits per heavy atom. The third kappa shape index (κ3) is 3.61. The number of carbonyl (C=O) groups excluding carboxylic acids is 1. The van der Waals surface area contributed by atoms with Crippen molar-refractivity contribution in [1.29, 1.82) is 0 Å². The molecule has 7 heteroatoms. The van der Waals surface area contributed by atoms with Crippen LogP contribution in [0, 0.1) is 0 Å². The highest BCUT2D eigenvalue weighted by molar-refractivity contribution is 6.00. The molecule has 0 unspecified atom stereocenters. The maximum Gasteiger partial charge on any atom is 0.235 e. The highest BCUT2D eigenvalue weighted by Crippen LogP contribution is 2.38. The van der Waals surface area contributed by atoms with E-state index in [9.17, 15) is 4.79 Å². The Morgan fingerprint density at radius 2 is 1.94 bits per heavy atom. The molecule has 0 spiro atoms. The second-order valence-corrected chi connectivity index (χ2v) is 7.88. The molecule has 1 amide bonds. The van der Waals surface area contributed by atoms with Crippen LogP contribution in [0.4, 0.5) is 5.69 Å². The summed E-state index contributed by atoms with van der Waals surface area (Å²) in [6.45, 7) is 1.10. The number of hydrogen-bond acceptors (Lipinski definition) is 5. The number of hydrogen-bond donors (Lipinski definition) is 1. The molecule has 2 aromatic heterocycles. The van der Waals surface area contributed by atoms with E-state index < -0.39 is 5.41 Å². The van der Waals surface area contributed by atoms with Gasteiger partial charge in [-0.15, -0.1) is 0 Å². The molecule has 3 heterocycles. The number of ether oxygens (including phenoxy) is 2.